The van der Waals surface area contributed by atoms with Crippen molar-refractivity contribution >= 4 is 17.8 Å². The summed E-state index contributed by atoms with van der Waals surface area (Å²) in [6, 6.07) is 7.80. The van der Waals surface area contributed by atoms with Gasteiger partial charge in [-0.15, -0.1) is 0 Å². The lowest BCUT2D eigenvalue weighted by Crippen LogP contribution is -2.55. The molecule has 2 rings (SSSR count). The molecule has 1 aliphatic rings. The highest BCUT2D eigenvalue weighted by Gasteiger charge is 2.28. The Morgan fingerprint density at radius 3 is 2.23 bits per heavy atom. The first-order valence-electron chi connectivity index (χ1n) is 7.17. The van der Waals surface area contributed by atoms with Gasteiger partial charge in [-0.3, -0.25) is 19.8 Å². The molecule has 1 atom stereocenters. The van der Waals surface area contributed by atoms with Crippen molar-refractivity contribution in [3.05, 3.63) is 35.9 Å². The number of urea groups is 1. The van der Waals surface area contributed by atoms with Gasteiger partial charge in [0.25, 0.3) is 5.91 Å². The number of hydrogen-bond donors (Lipinski definition) is 2. The molecule has 0 unspecified atom stereocenters. The number of carbonyl (C=O) groups is 3. The van der Waals surface area contributed by atoms with Crippen LogP contribution in [0.4, 0.5) is 4.79 Å². The Bertz CT molecular complexity index is 553. The molecule has 1 heterocycles. The summed E-state index contributed by atoms with van der Waals surface area (Å²) in [5.41, 5.74) is 5.61. The van der Waals surface area contributed by atoms with Crippen LogP contribution in [-0.4, -0.2) is 59.9 Å². The van der Waals surface area contributed by atoms with Gasteiger partial charge in [0.15, 0.2) is 0 Å². The van der Waals surface area contributed by atoms with Crippen LogP contribution in [-0.2, 0) is 4.79 Å². The van der Waals surface area contributed by atoms with Crippen LogP contribution in [0.25, 0.3) is 0 Å². The highest BCUT2D eigenvalue weighted by Crippen LogP contribution is 2.10. The molecular weight excluding hydrogens is 284 g/mol. The topological polar surface area (TPSA) is 95.7 Å². The molecule has 0 radical (unpaired) electrons. The second-order valence-corrected chi connectivity index (χ2v) is 5.22. The molecule has 0 aliphatic carbocycles. The predicted octanol–water partition coefficient (Wildman–Crippen LogP) is 0.0278. The third-order valence-corrected chi connectivity index (χ3v) is 3.80. The largest absolute Gasteiger partial charge is 0.351 e. The van der Waals surface area contributed by atoms with E-state index in [9.17, 15) is 14.4 Å². The zero-order chi connectivity index (χ0) is 16.1. The molecule has 0 aromatic heterocycles. The van der Waals surface area contributed by atoms with Crippen LogP contribution < -0.4 is 11.1 Å². The van der Waals surface area contributed by atoms with Crippen LogP contribution in [0, 0.1) is 0 Å². The minimum atomic E-state index is -0.852. The van der Waals surface area contributed by atoms with Crippen molar-refractivity contribution in [3.8, 4) is 0 Å². The van der Waals surface area contributed by atoms with E-state index in [2.05, 4.69) is 5.32 Å². The lowest BCUT2D eigenvalue weighted by molar-refractivity contribution is -0.125. The molecule has 0 bridgehead atoms. The molecule has 118 valence electrons. The Balaban J connectivity index is 1.89. The molecule has 4 amide bonds. The quantitative estimate of drug-likeness (QED) is 0.823. The smallest absolute Gasteiger partial charge is 0.318 e. The number of imide groups is 1. The number of benzene rings is 1. The summed E-state index contributed by atoms with van der Waals surface area (Å²) >= 11 is 0. The third kappa shape index (κ3) is 3.82. The van der Waals surface area contributed by atoms with E-state index in [1.807, 2.05) is 23.1 Å². The summed E-state index contributed by atoms with van der Waals surface area (Å²) in [6.45, 7) is 3.95. The van der Waals surface area contributed by atoms with Gasteiger partial charge in [0.05, 0.1) is 6.04 Å². The standard InChI is InChI=1S/C15H20N4O3/c1-11(13(20)17-15(16)22)18-7-9-19(10-8-18)14(21)12-5-3-2-4-6-12/h2-6,11H,7-10H2,1H3,(H3,16,17,20,22)/t11-/m1/s1. The third-order valence-electron chi connectivity index (χ3n) is 3.80. The van der Waals surface area contributed by atoms with E-state index in [1.165, 1.54) is 0 Å². The van der Waals surface area contributed by atoms with Crippen LogP contribution in [0.2, 0.25) is 0 Å². The fourth-order valence-corrected chi connectivity index (χ4v) is 2.47. The maximum Gasteiger partial charge on any atom is 0.318 e. The summed E-state index contributed by atoms with van der Waals surface area (Å²) in [4.78, 5) is 38.5. The van der Waals surface area contributed by atoms with Gasteiger partial charge in [-0.25, -0.2) is 4.79 Å². The summed E-state index contributed by atoms with van der Waals surface area (Å²) in [6.07, 6.45) is 0. The van der Waals surface area contributed by atoms with Gasteiger partial charge in [0.2, 0.25) is 5.91 Å². The zero-order valence-corrected chi connectivity index (χ0v) is 12.5. The van der Waals surface area contributed by atoms with E-state index < -0.39 is 18.0 Å². The van der Waals surface area contributed by atoms with Crippen LogP contribution in [0.3, 0.4) is 0 Å². The van der Waals surface area contributed by atoms with Crippen molar-refractivity contribution < 1.29 is 14.4 Å². The molecule has 22 heavy (non-hydrogen) atoms. The number of nitrogens with zero attached hydrogens (tertiary/aromatic N) is 2. The lowest BCUT2D eigenvalue weighted by atomic mass is 10.1. The van der Waals surface area contributed by atoms with E-state index in [-0.39, 0.29) is 5.91 Å². The molecule has 3 N–H and O–H groups in total. The molecule has 1 fully saturated rings. The van der Waals surface area contributed by atoms with Crippen LogP contribution in [0.1, 0.15) is 17.3 Å². The first-order valence-corrected chi connectivity index (χ1v) is 7.17. The highest BCUT2D eigenvalue weighted by atomic mass is 16.2. The maximum atomic E-state index is 12.3. The lowest BCUT2D eigenvalue weighted by Gasteiger charge is -2.37. The van der Waals surface area contributed by atoms with E-state index in [1.54, 1.807) is 24.0 Å². The van der Waals surface area contributed by atoms with Gasteiger partial charge >= 0.3 is 6.03 Å². The molecule has 1 aliphatic heterocycles. The molecule has 1 aromatic rings. The van der Waals surface area contributed by atoms with Crippen LogP contribution >= 0.6 is 0 Å². The molecule has 1 saturated heterocycles. The predicted molar refractivity (Wildman–Crippen MR) is 81.1 cm³/mol. The zero-order valence-electron chi connectivity index (χ0n) is 12.5. The number of piperazine rings is 1. The Morgan fingerprint density at radius 2 is 1.68 bits per heavy atom. The molecular formula is C15H20N4O3. The van der Waals surface area contributed by atoms with Gasteiger partial charge < -0.3 is 10.6 Å². The number of hydrogen-bond acceptors (Lipinski definition) is 4. The summed E-state index contributed by atoms with van der Waals surface area (Å²) in [5, 5.41) is 2.08. The van der Waals surface area contributed by atoms with Crippen molar-refractivity contribution in [2.45, 2.75) is 13.0 Å². The Kier molecular flexibility index (Phi) is 5.11. The van der Waals surface area contributed by atoms with Crippen molar-refractivity contribution in [3.63, 3.8) is 0 Å². The number of nitrogens with one attached hydrogen (secondary N) is 1. The highest BCUT2D eigenvalue weighted by molar-refractivity contribution is 5.96. The van der Waals surface area contributed by atoms with Crippen molar-refractivity contribution in [1.82, 2.24) is 15.1 Å². The van der Waals surface area contributed by atoms with Gasteiger partial charge in [-0.2, -0.15) is 0 Å². The maximum absolute atomic E-state index is 12.3. The van der Waals surface area contributed by atoms with E-state index in [4.69, 9.17) is 5.73 Å². The van der Waals surface area contributed by atoms with Gasteiger partial charge in [0, 0.05) is 31.7 Å². The molecule has 7 nitrogen and oxygen atoms in total. The van der Waals surface area contributed by atoms with Crippen LogP contribution in [0.5, 0.6) is 0 Å². The fourth-order valence-electron chi connectivity index (χ4n) is 2.47. The van der Waals surface area contributed by atoms with Gasteiger partial charge in [-0.05, 0) is 19.1 Å². The number of carbonyl (C=O) groups excluding carboxylic acids is 3. The Labute approximate surface area is 129 Å². The average molecular weight is 304 g/mol. The van der Waals surface area contributed by atoms with Gasteiger partial charge in [-0.1, -0.05) is 18.2 Å². The SMILES string of the molecule is C[C@H](C(=O)NC(N)=O)N1CCN(C(=O)c2ccccc2)CC1. The normalized spacial score (nSPS) is 16.9. The number of amides is 4. The molecule has 0 spiro atoms. The summed E-state index contributed by atoms with van der Waals surface area (Å²) in [7, 11) is 0. The Hall–Kier alpha value is -2.41. The minimum absolute atomic E-state index is 0.00510. The second-order valence-electron chi connectivity index (χ2n) is 5.22. The molecule has 0 saturated carbocycles. The van der Waals surface area contributed by atoms with Crippen molar-refractivity contribution in [1.29, 1.82) is 0 Å². The Morgan fingerprint density at radius 1 is 1.09 bits per heavy atom. The van der Waals surface area contributed by atoms with Crippen molar-refractivity contribution in [2.75, 3.05) is 26.2 Å². The summed E-state index contributed by atoms with van der Waals surface area (Å²) in [5.74, 6) is -0.426. The number of primary amides is 1. The fraction of sp³-hybridized carbons (Fsp3) is 0.400. The average Bonchev–Trinajstić information content (AvgIpc) is 2.54. The second kappa shape index (κ2) is 7.04. The molecule has 7 heteroatoms. The minimum Gasteiger partial charge on any atom is -0.351 e. The number of nitrogens with two attached hydrogens (primary N) is 1. The first-order chi connectivity index (χ1) is 10.5. The molecule has 1 aromatic carbocycles. The monoisotopic (exact) mass is 304 g/mol. The van der Waals surface area contributed by atoms with Crippen molar-refractivity contribution in [2.24, 2.45) is 5.73 Å². The summed E-state index contributed by atoms with van der Waals surface area (Å²) < 4.78 is 0. The van der Waals surface area contributed by atoms with Crippen LogP contribution in [0.15, 0.2) is 30.3 Å². The van der Waals surface area contributed by atoms with E-state index in [0.29, 0.717) is 31.7 Å². The van der Waals surface area contributed by atoms with Gasteiger partial charge in [0.1, 0.15) is 0 Å². The number of rotatable bonds is 3. The van der Waals surface area contributed by atoms with E-state index >= 15 is 0 Å². The van der Waals surface area contributed by atoms with E-state index in [0.717, 1.165) is 0 Å². The first kappa shape index (κ1) is 16.0.